The molecular formula is C18H18ClN3O. The van der Waals surface area contributed by atoms with E-state index in [0.717, 1.165) is 16.7 Å². The van der Waals surface area contributed by atoms with Crippen molar-refractivity contribution < 1.29 is 0 Å². The number of rotatable bonds is 3. The largest absolute Gasteiger partial charge is 0.334 e. The fourth-order valence-corrected chi connectivity index (χ4v) is 2.87. The zero-order valence-corrected chi connectivity index (χ0v) is 13.8. The summed E-state index contributed by atoms with van der Waals surface area (Å²) >= 11 is 6.17. The van der Waals surface area contributed by atoms with Crippen LogP contribution in [0.5, 0.6) is 0 Å². The van der Waals surface area contributed by atoms with E-state index in [4.69, 9.17) is 17.4 Å². The van der Waals surface area contributed by atoms with Crippen molar-refractivity contribution in [1.82, 2.24) is 9.66 Å². The van der Waals surface area contributed by atoms with Gasteiger partial charge in [0.05, 0.1) is 15.9 Å². The molecule has 0 amide bonds. The van der Waals surface area contributed by atoms with Crippen LogP contribution in [0.2, 0.25) is 5.02 Å². The first kappa shape index (κ1) is 15.6. The SMILES string of the molecule is CC(C)Cc1ccc(-c2nc3c(Cl)cccc3c(=O)n2N)cc1. The second-order valence-corrected chi connectivity index (χ2v) is 6.45. The fraction of sp³-hybridized carbons (Fsp3) is 0.222. The molecule has 2 aromatic carbocycles. The molecule has 23 heavy (non-hydrogen) atoms. The number of hydrogen-bond donors (Lipinski definition) is 1. The molecule has 0 aliphatic carbocycles. The van der Waals surface area contributed by atoms with Gasteiger partial charge in [0.15, 0.2) is 5.82 Å². The number of aromatic nitrogens is 2. The molecular weight excluding hydrogens is 310 g/mol. The summed E-state index contributed by atoms with van der Waals surface area (Å²) < 4.78 is 1.08. The highest BCUT2D eigenvalue weighted by Gasteiger charge is 2.12. The van der Waals surface area contributed by atoms with E-state index in [2.05, 4.69) is 18.8 Å². The quantitative estimate of drug-likeness (QED) is 0.747. The lowest BCUT2D eigenvalue weighted by Crippen LogP contribution is -2.29. The molecule has 1 heterocycles. The maximum absolute atomic E-state index is 12.4. The Morgan fingerprint density at radius 3 is 2.52 bits per heavy atom. The minimum absolute atomic E-state index is 0.307. The van der Waals surface area contributed by atoms with Gasteiger partial charge in [-0.05, 0) is 30.0 Å². The maximum Gasteiger partial charge on any atom is 0.280 e. The Morgan fingerprint density at radius 1 is 1.17 bits per heavy atom. The standard InChI is InChI=1S/C18H18ClN3O/c1-11(2)10-12-6-8-13(9-7-12)17-21-16-14(18(23)22(17)20)4-3-5-15(16)19/h3-9,11H,10,20H2,1-2H3. The van der Waals surface area contributed by atoms with Crippen LogP contribution >= 0.6 is 11.6 Å². The van der Waals surface area contributed by atoms with E-state index in [0.29, 0.717) is 27.7 Å². The molecule has 0 bridgehead atoms. The summed E-state index contributed by atoms with van der Waals surface area (Å²) in [5.41, 5.74) is 2.20. The van der Waals surface area contributed by atoms with Crippen molar-refractivity contribution in [3.05, 3.63) is 63.4 Å². The second-order valence-electron chi connectivity index (χ2n) is 6.04. The Bertz CT molecular complexity index is 914. The van der Waals surface area contributed by atoms with Gasteiger partial charge in [0.1, 0.15) is 0 Å². The minimum Gasteiger partial charge on any atom is -0.334 e. The zero-order valence-electron chi connectivity index (χ0n) is 13.1. The molecule has 0 unspecified atom stereocenters. The van der Waals surface area contributed by atoms with E-state index in [9.17, 15) is 4.79 Å². The van der Waals surface area contributed by atoms with Crippen LogP contribution in [0.15, 0.2) is 47.3 Å². The van der Waals surface area contributed by atoms with Crippen molar-refractivity contribution in [3.8, 4) is 11.4 Å². The van der Waals surface area contributed by atoms with Gasteiger partial charge in [0, 0.05) is 5.56 Å². The van der Waals surface area contributed by atoms with Gasteiger partial charge < -0.3 is 5.84 Å². The molecule has 5 heteroatoms. The second kappa shape index (κ2) is 6.05. The molecule has 4 nitrogen and oxygen atoms in total. The van der Waals surface area contributed by atoms with Gasteiger partial charge in [-0.25, -0.2) is 9.66 Å². The number of nitrogens with zero attached hydrogens (tertiary/aromatic N) is 2. The van der Waals surface area contributed by atoms with Gasteiger partial charge in [-0.3, -0.25) is 4.79 Å². The molecule has 3 rings (SSSR count). The highest BCUT2D eigenvalue weighted by Crippen LogP contribution is 2.23. The predicted octanol–water partition coefficient (Wildman–Crippen LogP) is 3.63. The number of para-hydroxylation sites is 1. The average molecular weight is 328 g/mol. The summed E-state index contributed by atoms with van der Waals surface area (Å²) in [7, 11) is 0. The van der Waals surface area contributed by atoms with Gasteiger partial charge >= 0.3 is 0 Å². The van der Waals surface area contributed by atoms with Crippen molar-refractivity contribution in [2.24, 2.45) is 5.92 Å². The van der Waals surface area contributed by atoms with Crippen molar-refractivity contribution in [2.75, 3.05) is 5.84 Å². The number of fused-ring (bicyclic) bond motifs is 1. The normalized spacial score (nSPS) is 11.3. The molecule has 0 radical (unpaired) electrons. The van der Waals surface area contributed by atoms with Crippen LogP contribution in [0, 0.1) is 5.92 Å². The molecule has 0 saturated heterocycles. The van der Waals surface area contributed by atoms with Crippen molar-refractivity contribution in [3.63, 3.8) is 0 Å². The van der Waals surface area contributed by atoms with Crippen LogP contribution in [0.3, 0.4) is 0 Å². The number of halogens is 1. The van der Waals surface area contributed by atoms with Crippen LogP contribution in [0.1, 0.15) is 19.4 Å². The van der Waals surface area contributed by atoms with Crippen molar-refractivity contribution >= 4 is 22.5 Å². The van der Waals surface area contributed by atoms with Gasteiger partial charge in [-0.15, -0.1) is 0 Å². The molecule has 1 aromatic heterocycles. The summed E-state index contributed by atoms with van der Waals surface area (Å²) in [6.45, 7) is 4.36. The molecule has 2 N–H and O–H groups in total. The molecule has 0 saturated carbocycles. The molecule has 0 aliphatic rings. The summed E-state index contributed by atoms with van der Waals surface area (Å²) in [6.07, 6.45) is 1.01. The first-order valence-electron chi connectivity index (χ1n) is 7.53. The Labute approximate surface area is 139 Å². The summed E-state index contributed by atoms with van der Waals surface area (Å²) in [5.74, 6) is 6.95. The predicted molar refractivity (Wildman–Crippen MR) is 95.1 cm³/mol. The third-order valence-electron chi connectivity index (χ3n) is 3.74. The van der Waals surface area contributed by atoms with E-state index < -0.39 is 0 Å². The van der Waals surface area contributed by atoms with Gasteiger partial charge in [-0.2, -0.15) is 0 Å². The smallest absolute Gasteiger partial charge is 0.280 e. The summed E-state index contributed by atoms with van der Waals surface area (Å²) in [6, 6.07) is 13.1. The van der Waals surface area contributed by atoms with Gasteiger partial charge in [-0.1, -0.05) is 55.8 Å². The zero-order chi connectivity index (χ0) is 16.6. The Balaban J connectivity index is 2.14. The van der Waals surface area contributed by atoms with Gasteiger partial charge in [0.2, 0.25) is 0 Å². The molecule has 3 aromatic rings. The molecule has 0 fully saturated rings. The van der Waals surface area contributed by atoms with Crippen LogP contribution < -0.4 is 11.4 Å². The van der Waals surface area contributed by atoms with Crippen LogP contribution in [-0.4, -0.2) is 9.66 Å². The topological polar surface area (TPSA) is 60.9 Å². The minimum atomic E-state index is -0.307. The summed E-state index contributed by atoms with van der Waals surface area (Å²) in [5, 5.41) is 0.859. The third kappa shape index (κ3) is 2.94. The maximum atomic E-state index is 12.4. The lowest BCUT2D eigenvalue weighted by molar-refractivity contribution is 0.647. The van der Waals surface area contributed by atoms with E-state index in [1.165, 1.54) is 5.56 Å². The third-order valence-corrected chi connectivity index (χ3v) is 4.04. The summed E-state index contributed by atoms with van der Waals surface area (Å²) in [4.78, 5) is 16.9. The Kier molecular flexibility index (Phi) is 4.09. The van der Waals surface area contributed by atoms with Crippen LogP contribution in [-0.2, 0) is 6.42 Å². The Morgan fingerprint density at radius 2 is 1.87 bits per heavy atom. The number of nitrogen functional groups attached to an aromatic ring is 1. The number of nitrogens with two attached hydrogens (primary N) is 1. The van der Waals surface area contributed by atoms with Crippen LogP contribution in [0.4, 0.5) is 0 Å². The molecule has 0 atom stereocenters. The van der Waals surface area contributed by atoms with E-state index >= 15 is 0 Å². The fourth-order valence-electron chi connectivity index (χ4n) is 2.65. The lowest BCUT2D eigenvalue weighted by atomic mass is 10.0. The highest BCUT2D eigenvalue weighted by atomic mass is 35.5. The number of benzene rings is 2. The van der Waals surface area contributed by atoms with E-state index in [1.807, 2.05) is 24.3 Å². The van der Waals surface area contributed by atoms with Crippen LogP contribution in [0.25, 0.3) is 22.3 Å². The molecule has 0 aliphatic heterocycles. The van der Waals surface area contributed by atoms with Gasteiger partial charge in [0.25, 0.3) is 5.56 Å². The molecule has 118 valence electrons. The first-order valence-corrected chi connectivity index (χ1v) is 7.91. The monoisotopic (exact) mass is 327 g/mol. The Hall–Kier alpha value is -2.33. The molecule has 0 spiro atoms. The van der Waals surface area contributed by atoms with Crippen molar-refractivity contribution in [2.45, 2.75) is 20.3 Å². The highest BCUT2D eigenvalue weighted by molar-refractivity contribution is 6.35. The van der Waals surface area contributed by atoms with E-state index in [-0.39, 0.29) is 5.56 Å². The first-order chi connectivity index (χ1) is 11.0. The van der Waals surface area contributed by atoms with Crippen molar-refractivity contribution in [1.29, 1.82) is 0 Å². The van der Waals surface area contributed by atoms with E-state index in [1.54, 1.807) is 18.2 Å². The number of hydrogen-bond acceptors (Lipinski definition) is 3. The average Bonchev–Trinajstić information content (AvgIpc) is 2.52. The lowest BCUT2D eigenvalue weighted by Gasteiger charge is -2.11.